The molecule has 0 unspecified atom stereocenters. The van der Waals surface area contributed by atoms with Crippen molar-refractivity contribution in [3.63, 3.8) is 0 Å². The zero-order chi connectivity index (χ0) is 4.99. The number of aliphatic carboxylic acids is 1. The monoisotopic (exact) mass is 155 g/mol. The van der Waals surface area contributed by atoms with E-state index >= 15 is 0 Å². The minimum absolute atomic E-state index is 0. The Kier molecular flexibility index (Phi) is 19.8. The Morgan fingerprint density at radius 3 is 2.00 bits per heavy atom. The van der Waals surface area contributed by atoms with Crippen molar-refractivity contribution >= 4 is 5.97 Å². The van der Waals surface area contributed by atoms with E-state index in [1.807, 2.05) is 6.92 Å². The molecule has 0 aliphatic carbocycles. The molecule has 0 radical (unpaired) electrons. The SMILES string of the molecule is CCCC(=O)O.[CH3-].[Cr]. The predicted octanol–water partition coefficient (Wildman–Crippen LogP) is 1.32. The van der Waals surface area contributed by atoms with Crippen LogP contribution in [-0.4, -0.2) is 11.1 Å². The summed E-state index contributed by atoms with van der Waals surface area (Å²) in [5.41, 5.74) is 0. The quantitative estimate of drug-likeness (QED) is 0.610. The van der Waals surface area contributed by atoms with Gasteiger partial charge in [-0.3, -0.25) is 4.79 Å². The Morgan fingerprint density at radius 2 is 2.00 bits per heavy atom. The van der Waals surface area contributed by atoms with E-state index in [0.717, 1.165) is 6.42 Å². The zero-order valence-corrected chi connectivity index (χ0v) is 6.45. The van der Waals surface area contributed by atoms with Crippen molar-refractivity contribution in [1.82, 2.24) is 0 Å². The van der Waals surface area contributed by atoms with E-state index in [2.05, 4.69) is 0 Å². The van der Waals surface area contributed by atoms with Gasteiger partial charge in [0.15, 0.2) is 0 Å². The first kappa shape index (κ1) is 15.7. The molecule has 3 heteroatoms. The molecular formula is C5H11CrO2-. The third kappa shape index (κ3) is 16.7. The van der Waals surface area contributed by atoms with Crippen LogP contribution in [0.25, 0.3) is 0 Å². The number of hydrogen-bond acceptors (Lipinski definition) is 1. The molecule has 0 bridgehead atoms. The van der Waals surface area contributed by atoms with Crippen molar-refractivity contribution < 1.29 is 27.3 Å². The molecule has 0 aromatic heterocycles. The fourth-order valence-corrected chi connectivity index (χ4v) is 0.214. The predicted molar refractivity (Wildman–Crippen MR) is 29.0 cm³/mol. The number of carboxylic acid groups (broad SMARTS) is 1. The minimum Gasteiger partial charge on any atom is -0.481 e. The van der Waals surface area contributed by atoms with Gasteiger partial charge in [0, 0.05) is 23.8 Å². The van der Waals surface area contributed by atoms with Gasteiger partial charge in [0.2, 0.25) is 0 Å². The maximum Gasteiger partial charge on any atom is 0.303 e. The van der Waals surface area contributed by atoms with Crippen molar-refractivity contribution in [2.45, 2.75) is 19.8 Å². The molecule has 50 valence electrons. The van der Waals surface area contributed by atoms with Gasteiger partial charge in [-0.15, -0.1) is 0 Å². The van der Waals surface area contributed by atoms with Crippen LogP contribution in [0.1, 0.15) is 19.8 Å². The standard InChI is InChI=1S/C4H8O2.CH3.Cr/c1-2-3-4(5)6;;/h2-3H2,1H3,(H,5,6);1H3;/q;-1;. The molecule has 1 N–H and O–H groups in total. The van der Waals surface area contributed by atoms with Crippen molar-refractivity contribution in [1.29, 1.82) is 0 Å². The topological polar surface area (TPSA) is 37.3 Å². The number of carbonyl (C=O) groups is 1. The summed E-state index contributed by atoms with van der Waals surface area (Å²) in [6.45, 7) is 1.84. The first-order chi connectivity index (χ1) is 2.77. The van der Waals surface area contributed by atoms with Gasteiger partial charge in [-0.2, -0.15) is 0 Å². The fraction of sp³-hybridized carbons (Fsp3) is 0.600. The molecule has 0 aromatic rings. The summed E-state index contributed by atoms with van der Waals surface area (Å²) in [6, 6.07) is 0. The molecule has 0 heterocycles. The van der Waals surface area contributed by atoms with Crippen LogP contribution in [0.2, 0.25) is 0 Å². The Balaban J connectivity index is -0.000000125. The molecule has 0 aromatic carbocycles. The summed E-state index contributed by atoms with van der Waals surface area (Å²) < 4.78 is 0. The normalized spacial score (nSPS) is 6.12. The van der Waals surface area contributed by atoms with Crippen LogP contribution in [0.15, 0.2) is 0 Å². The summed E-state index contributed by atoms with van der Waals surface area (Å²) in [5.74, 6) is -0.711. The summed E-state index contributed by atoms with van der Waals surface area (Å²) in [5, 5.41) is 7.91. The van der Waals surface area contributed by atoms with Crippen molar-refractivity contribution in [3.8, 4) is 0 Å². The van der Waals surface area contributed by atoms with Crippen LogP contribution in [0.3, 0.4) is 0 Å². The van der Waals surface area contributed by atoms with Gasteiger partial charge >= 0.3 is 5.97 Å². The van der Waals surface area contributed by atoms with Crippen molar-refractivity contribution in [3.05, 3.63) is 7.43 Å². The Labute approximate surface area is 61.0 Å². The van der Waals surface area contributed by atoms with Crippen LogP contribution in [0.5, 0.6) is 0 Å². The van der Waals surface area contributed by atoms with E-state index in [-0.39, 0.29) is 24.8 Å². The Hall–Kier alpha value is 0.00247. The van der Waals surface area contributed by atoms with Gasteiger partial charge in [-0.25, -0.2) is 0 Å². The second-order valence-corrected chi connectivity index (χ2v) is 1.14. The minimum atomic E-state index is -0.711. The maximum atomic E-state index is 9.60. The fourth-order valence-electron chi connectivity index (χ4n) is 0.214. The molecule has 0 aliphatic rings. The maximum absolute atomic E-state index is 9.60. The second-order valence-electron chi connectivity index (χ2n) is 1.14. The number of hydrogen-bond donors (Lipinski definition) is 1. The molecule has 0 amide bonds. The molecule has 0 aliphatic heterocycles. The zero-order valence-electron chi connectivity index (χ0n) is 5.18. The first-order valence-electron chi connectivity index (χ1n) is 1.99. The molecule has 8 heavy (non-hydrogen) atoms. The summed E-state index contributed by atoms with van der Waals surface area (Å²) in [6.07, 6.45) is 1.02. The molecule has 2 nitrogen and oxygen atoms in total. The average Bonchev–Trinajstić information content (AvgIpc) is 1.35. The van der Waals surface area contributed by atoms with Gasteiger partial charge in [-0.05, 0) is 6.42 Å². The van der Waals surface area contributed by atoms with E-state index < -0.39 is 5.97 Å². The third-order valence-corrected chi connectivity index (χ3v) is 0.464. The van der Waals surface area contributed by atoms with E-state index in [0.29, 0.717) is 6.42 Å². The average molecular weight is 155 g/mol. The molecule has 0 rings (SSSR count). The van der Waals surface area contributed by atoms with E-state index in [9.17, 15) is 4.79 Å². The number of carboxylic acids is 1. The Morgan fingerprint density at radius 1 is 1.62 bits per heavy atom. The van der Waals surface area contributed by atoms with Crippen LogP contribution in [0.4, 0.5) is 0 Å². The summed E-state index contributed by atoms with van der Waals surface area (Å²) >= 11 is 0. The van der Waals surface area contributed by atoms with Gasteiger partial charge in [-0.1, -0.05) is 6.92 Å². The van der Waals surface area contributed by atoms with E-state index in [4.69, 9.17) is 5.11 Å². The van der Waals surface area contributed by atoms with Crippen LogP contribution in [0, 0.1) is 7.43 Å². The molecular weight excluding hydrogens is 144 g/mol. The van der Waals surface area contributed by atoms with Gasteiger partial charge in [0.1, 0.15) is 0 Å². The molecule has 0 fully saturated rings. The van der Waals surface area contributed by atoms with Gasteiger partial charge < -0.3 is 12.5 Å². The summed E-state index contributed by atoms with van der Waals surface area (Å²) in [4.78, 5) is 9.60. The molecule has 0 saturated heterocycles. The third-order valence-electron chi connectivity index (χ3n) is 0.464. The first-order valence-corrected chi connectivity index (χ1v) is 1.99. The van der Waals surface area contributed by atoms with Crippen LogP contribution < -0.4 is 0 Å². The summed E-state index contributed by atoms with van der Waals surface area (Å²) in [7, 11) is 0. The van der Waals surface area contributed by atoms with Crippen molar-refractivity contribution in [2.24, 2.45) is 0 Å². The molecule has 0 spiro atoms. The van der Waals surface area contributed by atoms with Crippen LogP contribution >= 0.6 is 0 Å². The van der Waals surface area contributed by atoms with Crippen molar-refractivity contribution in [2.75, 3.05) is 0 Å². The largest absolute Gasteiger partial charge is 0.481 e. The van der Waals surface area contributed by atoms with Gasteiger partial charge in [0.25, 0.3) is 0 Å². The molecule has 0 saturated carbocycles. The van der Waals surface area contributed by atoms with E-state index in [1.165, 1.54) is 0 Å². The van der Waals surface area contributed by atoms with E-state index in [1.54, 1.807) is 0 Å². The second kappa shape index (κ2) is 10.1. The van der Waals surface area contributed by atoms with Crippen LogP contribution in [-0.2, 0) is 22.2 Å². The Bertz CT molecular complexity index is 54.4. The smallest absolute Gasteiger partial charge is 0.303 e. The van der Waals surface area contributed by atoms with Gasteiger partial charge in [0.05, 0.1) is 0 Å². The number of rotatable bonds is 2. The molecule has 0 atom stereocenters.